The summed E-state index contributed by atoms with van der Waals surface area (Å²) in [5.74, 6) is -2.45. The highest BCUT2D eigenvalue weighted by Crippen LogP contribution is 2.69. The number of carbonyl (C=O) groups excluding carboxylic acids is 3. The normalized spacial score (nSPS) is 39.9. The van der Waals surface area contributed by atoms with E-state index in [0.717, 1.165) is 12.0 Å². The predicted molar refractivity (Wildman–Crippen MR) is 100 cm³/mol. The van der Waals surface area contributed by atoms with Gasteiger partial charge in [-0.05, 0) is 37.3 Å². The van der Waals surface area contributed by atoms with Crippen molar-refractivity contribution >= 4 is 17.7 Å². The number of cyclic esters (lactones) is 1. The standard InChI is InChI=1S/C22H24O8/c1-12-17(24)18(25)22(11-28-13(2)23)16(4-3-6-20(22)10-29-20)21(12)8-15(30-19(21)26)14-5-7-27-9-14/h5,7,9,15-16,24H,3-4,6,8,10-11H2,1-2H3/t15-,16+,20-,21+,22-/m0/s1. The summed E-state index contributed by atoms with van der Waals surface area (Å²) in [6.45, 7) is 3.00. The quantitative estimate of drug-likeness (QED) is 0.591. The van der Waals surface area contributed by atoms with Crippen LogP contribution in [0.5, 0.6) is 0 Å². The van der Waals surface area contributed by atoms with Crippen molar-refractivity contribution in [2.45, 2.75) is 51.2 Å². The monoisotopic (exact) mass is 416 g/mol. The zero-order valence-corrected chi connectivity index (χ0v) is 16.9. The van der Waals surface area contributed by atoms with E-state index in [-0.39, 0.29) is 13.0 Å². The number of epoxide rings is 1. The second-order valence-corrected chi connectivity index (χ2v) is 8.91. The van der Waals surface area contributed by atoms with E-state index in [9.17, 15) is 19.5 Å². The lowest BCUT2D eigenvalue weighted by Crippen LogP contribution is -2.65. The van der Waals surface area contributed by atoms with Gasteiger partial charge in [-0.2, -0.15) is 0 Å². The summed E-state index contributed by atoms with van der Waals surface area (Å²) in [4.78, 5) is 38.7. The molecule has 30 heavy (non-hydrogen) atoms. The van der Waals surface area contributed by atoms with E-state index in [1.807, 2.05) is 0 Å². The molecule has 0 bridgehead atoms. The molecule has 4 aliphatic rings. The molecule has 5 atom stereocenters. The smallest absolute Gasteiger partial charge is 0.317 e. The van der Waals surface area contributed by atoms with E-state index in [1.165, 1.54) is 19.5 Å². The van der Waals surface area contributed by atoms with Gasteiger partial charge in [0.2, 0.25) is 5.78 Å². The lowest BCUT2D eigenvalue weighted by atomic mass is 9.45. The third-order valence-corrected chi connectivity index (χ3v) is 7.75. The summed E-state index contributed by atoms with van der Waals surface area (Å²) in [6, 6.07) is 1.74. The lowest BCUT2D eigenvalue weighted by Gasteiger charge is -2.54. The molecule has 0 amide bonds. The Morgan fingerprint density at radius 1 is 1.37 bits per heavy atom. The molecule has 0 aromatic carbocycles. The summed E-state index contributed by atoms with van der Waals surface area (Å²) in [5.41, 5.74) is -2.30. The minimum absolute atomic E-state index is 0.228. The molecule has 1 aromatic rings. The molecule has 8 nitrogen and oxygen atoms in total. The second-order valence-electron chi connectivity index (χ2n) is 8.91. The summed E-state index contributed by atoms with van der Waals surface area (Å²) in [5, 5.41) is 10.9. The molecular formula is C22H24O8. The van der Waals surface area contributed by atoms with Crippen LogP contribution >= 0.6 is 0 Å². The van der Waals surface area contributed by atoms with E-state index in [0.29, 0.717) is 25.0 Å². The van der Waals surface area contributed by atoms with Crippen LogP contribution in [0.2, 0.25) is 0 Å². The molecule has 2 aliphatic carbocycles. The molecule has 160 valence electrons. The molecule has 2 saturated heterocycles. The Kier molecular flexibility index (Phi) is 4.00. The van der Waals surface area contributed by atoms with E-state index in [1.54, 1.807) is 13.0 Å². The highest BCUT2D eigenvalue weighted by Gasteiger charge is 2.78. The van der Waals surface area contributed by atoms with Crippen LogP contribution in [0.25, 0.3) is 0 Å². The van der Waals surface area contributed by atoms with Gasteiger partial charge in [0.15, 0.2) is 5.76 Å². The largest absolute Gasteiger partial charge is 0.504 e. The van der Waals surface area contributed by atoms with Crippen molar-refractivity contribution in [3.8, 4) is 0 Å². The van der Waals surface area contributed by atoms with Gasteiger partial charge in [0.1, 0.15) is 29.1 Å². The van der Waals surface area contributed by atoms with Crippen molar-refractivity contribution in [3.05, 3.63) is 35.5 Å². The van der Waals surface area contributed by atoms with Gasteiger partial charge in [-0.1, -0.05) is 6.42 Å². The summed E-state index contributed by atoms with van der Waals surface area (Å²) in [6.07, 6.45) is 4.71. The average molecular weight is 416 g/mol. The molecule has 3 fully saturated rings. The van der Waals surface area contributed by atoms with Gasteiger partial charge in [-0.3, -0.25) is 14.4 Å². The molecule has 2 spiro atoms. The van der Waals surface area contributed by atoms with E-state index < -0.39 is 51.9 Å². The van der Waals surface area contributed by atoms with Crippen molar-refractivity contribution in [1.82, 2.24) is 0 Å². The zero-order chi connectivity index (χ0) is 21.3. The van der Waals surface area contributed by atoms with Gasteiger partial charge in [0.25, 0.3) is 0 Å². The van der Waals surface area contributed by atoms with Gasteiger partial charge in [-0.15, -0.1) is 0 Å². The van der Waals surface area contributed by atoms with Crippen LogP contribution < -0.4 is 0 Å². The van der Waals surface area contributed by atoms with Gasteiger partial charge in [0.05, 0.1) is 19.1 Å². The van der Waals surface area contributed by atoms with Crippen LogP contribution in [0.15, 0.2) is 34.3 Å². The number of Topliss-reactive ketones (excluding diaryl/α,β-unsaturated/α-hetero) is 1. The third-order valence-electron chi connectivity index (χ3n) is 7.75. The Morgan fingerprint density at radius 3 is 2.77 bits per heavy atom. The fourth-order valence-corrected chi connectivity index (χ4v) is 6.15. The first kappa shape index (κ1) is 19.4. The lowest BCUT2D eigenvalue weighted by molar-refractivity contribution is -0.173. The number of carbonyl (C=O) groups is 3. The molecule has 0 radical (unpaired) electrons. The van der Waals surface area contributed by atoms with Gasteiger partial charge >= 0.3 is 11.9 Å². The Balaban J connectivity index is 1.68. The highest BCUT2D eigenvalue weighted by molar-refractivity contribution is 6.04. The number of ketones is 1. The number of esters is 2. The number of allylic oxidation sites excluding steroid dienone is 1. The Morgan fingerprint density at radius 2 is 2.13 bits per heavy atom. The summed E-state index contributed by atoms with van der Waals surface area (Å²) < 4.78 is 22.1. The van der Waals surface area contributed by atoms with Crippen LogP contribution in [0.4, 0.5) is 0 Å². The van der Waals surface area contributed by atoms with Gasteiger partial charge < -0.3 is 23.7 Å². The van der Waals surface area contributed by atoms with E-state index in [4.69, 9.17) is 18.6 Å². The van der Waals surface area contributed by atoms with E-state index >= 15 is 0 Å². The minimum atomic E-state index is -1.31. The number of fused-ring (bicyclic) bond motifs is 3. The van der Waals surface area contributed by atoms with Crippen LogP contribution in [-0.4, -0.2) is 41.6 Å². The third kappa shape index (κ3) is 2.23. The number of aliphatic hydroxyl groups excluding tert-OH is 1. The maximum Gasteiger partial charge on any atom is 0.317 e. The molecule has 2 aliphatic heterocycles. The molecule has 1 saturated carbocycles. The zero-order valence-electron chi connectivity index (χ0n) is 16.9. The molecule has 8 heteroatoms. The first-order chi connectivity index (χ1) is 14.3. The number of hydrogen-bond acceptors (Lipinski definition) is 8. The topological polar surface area (TPSA) is 116 Å². The Bertz CT molecular complexity index is 956. The van der Waals surface area contributed by atoms with Crippen molar-refractivity contribution in [1.29, 1.82) is 0 Å². The van der Waals surface area contributed by atoms with Crippen LogP contribution in [-0.2, 0) is 28.6 Å². The minimum Gasteiger partial charge on any atom is -0.504 e. The average Bonchev–Trinajstić information content (AvgIpc) is 3.15. The number of furan rings is 1. The Hall–Kier alpha value is -2.61. The first-order valence-electron chi connectivity index (χ1n) is 10.2. The van der Waals surface area contributed by atoms with Crippen molar-refractivity contribution in [2.24, 2.45) is 16.7 Å². The molecular weight excluding hydrogens is 392 g/mol. The number of hydrogen-bond donors (Lipinski definition) is 1. The van der Waals surface area contributed by atoms with Gasteiger partial charge in [0, 0.05) is 18.9 Å². The molecule has 1 aromatic heterocycles. The van der Waals surface area contributed by atoms with Crippen LogP contribution in [0.3, 0.4) is 0 Å². The van der Waals surface area contributed by atoms with Crippen LogP contribution in [0.1, 0.15) is 51.2 Å². The maximum absolute atomic E-state index is 13.6. The predicted octanol–water partition coefficient (Wildman–Crippen LogP) is 2.79. The van der Waals surface area contributed by atoms with Gasteiger partial charge in [-0.25, -0.2) is 0 Å². The number of aliphatic hydroxyl groups is 1. The van der Waals surface area contributed by atoms with Crippen molar-refractivity contribution < 1.29 is 38.1 Å². The second kappa shape index (κ2) is 6.20. The molecule has 0 unspecified atom stereocenters. The van der Waals surface area contributed by atoms with Crippen molar-refractivity contribution in [2.75, 3.05) is 13.2 Å². The van der Waals surface area contributed by atoms with Crippen molar-refractivity contribution in [3.63, 3.8) is 0 Å². The van der Waals surface area contributed by atoms with Crippen LogP contribution in [0, 0.1) is 16.7 Å². The molecule has 1 N–H and O–H groups in total. The summed E-state index contributed by atoms with van der Waals surface area (Å²) in [7, 11) is 0. The molecule has 3 heterocycles. The Labute approximate surface area is 173 Å². The maximum atomic E-state index is 13.6. The molecule has 5 rings (SSSR count). The first-order valence-corrected chi connectivity index (χ1v) is 10.2. The number of ether oxygens (including phenoxy) is 3. The SMILES string of the molecule is CC(=O)OC[C@@]12C(=O)C(O)=C(C)[C@]3(C[C@@H](c4ccoc4)OC3=O)[C@H]1CCC[C@]21CO1. The summed E-state index contributed by atoms with van der Waals surface area (Å²) >= 11 is 0. The van der Waals surface area contributed by atoms with E-state index in [2.05, 4.69) is 0 Å². The fourth-order valence-electron chi connectivity index (χ4n) is 6.15. The highest BCUT2D eigenvalue weighted by atomic mass is 16.6. The number of rotatable bonds is 3. The fraction of sp³-hybridized carbons (Fsp3) is 0.591.